The summed E-state index contributed by atoms with van der Waals surface area (Å²) in [5.41, 5.74) is 2.01. The summed E-state index contributed by atoms with van der Waals surface area (Å²) >= 11 is 6.36. The van der Waals surface area contributed by atoms with Crippen molar-refractivity contribution < 1.29 is 9.53 Å². The van der Waals surface area contributed by atoms with Crippen molar-refractivity contribution in [3.8, 4) is 5.75 Å². The van der Waals surface area contributed by atoms with Gasteiger partial charge in [-0.1, -0.05) is 61.8 Å². The number of para-hydroxylation sites is 1. The van der Waals surface area contributed by atoms with E-state index in [1.165, 1.54) is 0 Å². The van der Waals surface area contributed by atoms with Crippen molar-refractivity contribution in [3.05, 3.63) is 64.7 Å². The van der Waals surface area contributed by atoms with E-state index in [0.29, 0.717) is 0 Å². The molecule has 1 fully saturated rings. The summed E-state index contributed by atoms with van der Waals surface area (Å²) in [6.45, 7) is 6.91. The first-order valence-corrected chi connectivity index (χ1v) is 12.0. The first kappa shape index (κ1) is 22.2. The highest BCUT2D eigenvalue weighted by Gasteiger charge is 2.39. The molecular weight excluding hydrogens is 408 g/mol. The topological polar surface area (TPSA) is 41.6 Å². The number of piperidine rings is 1. The van der Waals surface area contributed by atoms with Gasteiger partial charge in [-0.2, -0.15) is 0 Å². The summed E-state index contributed by atoms with van der Waals surface area (Å²) in [7, 11) is 0. The molecule has 0 radical (unpaired) electrons. The summed E-state index contributed by atoms with van der Waals surface area (Å²) in [6, 6.07) is 16.1. The molecule has 0 bridgehead atoms. The minimum absolute atomic E-state index is 0.00343. The molecule has 0 aromatic heterocycles. The number of fused-ring (bicyclic) bond motifs is 1. The number of carbonyl (C=O) groups excluding carboxylic acids is 1. The number of likely N-dealkylation sites (tertiary alicyclic amines) is 1. The zero-order valence-electron chi connectivity index (χ0n) is 18.6. The van der Waals surface area contributed by atoms with E-state index in [0.717, 1.165) is 73.6 Å². The Morgan fingerprint density at radius 2 is 1.90 bits per heavy atom. The number of nitrogens with zero attached hydrogens (tertiary/aromatic N) is 1. The second-order valence-electron chi connectivity index (χ2n) is 8.96. The lowest BCUT2D eigenvalue weighted by Crippen LogP contribution is -2.48. The summed E-state index contributed by atoms with van der Waals surface area (Å²) in [5.74, 6) is 1.07. The molecule has 2 aromatic rings. The van der Waals surface area contributed by atoms with Crippen LogP contribution < -0.4 is 10.1 Å². The summed E-state index contributed by atoms with van der Waals surface area (Å²) in [6.07, 6.45) is 4.64. The standard InChI is InChI=1S/C26H33ClN2O2/c1-3-26(4-2)16-23(21-12-6-8-14-24(21)31-26)28-25(30)20-11-9-15-29(18-20)17-19-10-5-7-13-22(19)27/h5-8,10,12-14,20,23H,3-4,9,11,15-18H2,1-2H3,(H,28,30)/t20-,23+/m1/s1. The smallest absolute Gasteiger partial charge is 0.224 e. The van der Waals surface area contributed by atoms with E-state index in [4.69, 9.17) is 16.3 Å². The summed E-state index contributed by atoms with van der Waals surface area (Å²) in [4.78, 5) is 15.7. The van der Waals surface area contributed by atoms with Gasteiger partial charge in [0.25, 0.3) is 0 Å². The number of nitrogens with one attached hydrogen (secondary N) is 1. The van der Waals surface area contributed by atoms with Gasteiger partial charge in [-0.25, -0.2) is 0 Å². The third kappa shape index (κ3) is 4.91. The zero-order chi connectivity index (χ0) is 21.8. The van der Waals surface area contributed by atoms with Gasteiger partial charge in [0.1, 0.15) is 11.4 Å². The minimum Gasteiger partial charge on any atom is -0.487 e. The molecule has 5 heteroatoms. The molecule has 2 aromatic carbocycles. The van der Waals surface area contributed by atoms with Crippen LogP contribution in [0.3, 0.4) is 0 Å². The van der Waals surface area contributed by atoms with Crippen LogP contribution in [0.5, 0.6) is 5.75 Å². The monoisotopic (exact) mass is 440 g/mol. The highest BCUT2D eigenvalue weighted by Crippen LogP contribution is 2.42. The largest absolute Gasteiger partial charge is 0.487 e. The van der Waals surface area contributed by atoms with Crippen LogP contribution in [0.1, 0.15) is 63.1 Å². The molecule has 0 aliphatic carbocycles. The van der Waals surface area contributed by atoms with Gasteiger partial charge >= 0.3 is 0 Å². The average molecular weight is 441 g/mol. The molecule has 4 rings (SSSR count). The van der Waals surface area contributed by atoms with Crippen LogP contribution in [0.15, 0.2) is 48.5 Å². The molecule has 2 aliphatic heterocycles. The summed E-state index contributed by atoms with van der Waals surface area (Å²) in [5, 5.41) is 4.19. The van der Waals surface area contributed by atoms with Gasteiger partial charge in [-0.05, 0) is 49.9 Å². The van der Waals surface area contributed by atoms with Crippen molar-refractivity contribution in [2.45, 2.75) is 64.1 Å². The molecule has 166 valence electrons. The van der Waals surface area contributed by atoms with Gasteiger partial charge in [-0.15, -0.1) is 0 Å². The summed E-state index contributed by atoms with van der Waals surface area (Å²) < 4.78 is 6.40. The van der Waals surface area contributed by atoms with Gasteiger partial charge in [0.05, 0.1) is 12.0 Å². The third-order valence-corrected chi connectivity index (χ3v) is 7.40. The Balaban J connectivity index is 1.45. The van der Waals surface area contributed by atoms with Gasteiger partial charge in [0, 0.05) is 30.1 Å². The molecule has 1 amide bonds. The molecule has 2 atom stereocenters. The highest BCUT2D eigenvalue weighted by atomic mass is 35.5. The number of carbonyl (C=O) groups is 1. The first-order valence-electron chi connectivity index (χ1n) is 11.6. The molecule has 2 aliphatic rings. The van der Waals surface area contributed by atoms with E-state index in [1.54, 1.807) is 0 Å². The van der Waals surface area contributed by atoms with Crippen LogP contribution in [-0.4, -0.2) is 29.5 Å². The fourth-order valence-corrected chi connectivity index (χ4v) is 5.20. The highest BCUT2D eigenvalue weighted by molar-refractivity contribution is 6.31. The number of benzene rings is 2. The molecule has 0 saturated carbocycles. The fraction of sp³-hybridized carbons (Fsp3) is 0.500. The second kappa shape index (κ2) is 9.62. The van der Waals surface area contributed by atoms with Crippen molar-refractivity contribution in [1.82, 2.24) is 10.2 Å². The van der Waals surface area contributed by atoms with Crippen LogP contribution in [-0.2, 0) is 11.3 Å². The predicted octanol–water partition coefficient (Wildman–Crippen LogP) is 5.75. The molecule has 1 saturated heterocycles. The van der Waals surface area contributed by atoms with Crippen LogP contribution >= 0.6 is 11.6 Å². The Hall–Kier alpha value is -2.04. The van der Waals surface area contributed by atoms with E-state index in [9.17, 15) is 4.79 Å². The number of hydrogen-bond donors (Lipinski definition) is 1. The molecule has 0 unspecified atom stereocenters. The Kier molecular flexibility index (Phi) is 6.88. The first-order chi connectivity index (χ1) is 15.0. The lowest BCUT2D eigenvalue weighted by Gasteiger charge is -2.42. The normalized spacial score (nSPS) is 22.9. The fourth-order valence-electron chi connectivity index (χ4n) is 5.00. The molecule has 1 N–H and O–H groups in total. The number of ether oxygens (including phenoxy) is 1. The third-order valence-electron chi connectivity index (χ3n) is 7.03. The molecule has 4 nitrogen and oxygen atoms in total. The Labute approximate surface area is 190 Å². The number of rotatable bonds is 6. The second-order valence-corrected chi connectivity index (χ2v) is 9.37. The molecular formula is C26H33ClN2O2. The number of amides is 1. The van der Waals surface area contributed by atoms with Crippen molar-refractivity contribution >= 4 is 17.5 Å². The average Bonchev–Trinajstić information content (AvgIpc) is 2.80. The van der Waals surface area contributed by atoms with Crippen molar-refractivity contribution in [1.29, 1.82) is 0 Å². The van der Waals surface area contributed by atoms with E-state index < -0.39 is 0 Å². The maximum atomic E-state index is 13.3. The maximum Gasteiger partial charge on any atom is 0.224 e. The molecule has 0 spiro atoms. The zero-order valence-corrected chi connectivity index (χ0v) is 19.3. The van der Waals surface area contributed by atoms with E-state index in [2.05, 4.69) is 36.2 Å². The van der Waals surface area contributed by atoms with Gasteiger partial charge in [-0.3, -0.25) is 9.69 Å². The van der Waals surface area contributed by atoms with Crippen LogP contribution in [0.4, 0.5) is 0 Å². The quantitative estimate of drug-likeness (QED) is 0.621. The van der Waals surface area contributed by atoms with Gasteiger partial charge in [0.15, 0.2) is 0 Å². The van der Waals surface area contributed by atoms with Crippen LogP contribution in [0.2, 0.25) is 5.02 Å². The van der Waals surface area contributed by atoms with Crippen molar-refractivity contribution in [2.75, 3.05) is 13.1 Å². The van der Waals surface area contributed by atoms with Gasteiger partial charge in [0.2, 0.25) is 5.91 Å². The Morgan fingerprint density at radius 1 is 1.16 bits per heavy atom. The van der Waals surface area contributed by atoms with E-state index in [-0.39, 0.29) is 23.5 Å². The number of hydrogen-bond acceptors (Lipinski definition) is 3. The van der Waals surface area contributed by atoms with E-state index in [1.807, 2.05) is 36.4 Å². The molecule has 2 heterocycles. The Bertz CT molecular complexity index is 912. The maximum absolute atomic E-state index is 13.3. The van der Waals surface area contributed by atoms with Crippen molar-refractivity contribution in [2.24, 2.45) is 5.92 Å². The SMILES string of the molecule is CCC1(CC)C[C@H](NC(=O)[C@@H]2CCCN(Cc3ccccc3Cl)C2)c2ccccc2O1. The number of halogens is 1. The predicted molar refractivity (Wildman–Crippen MR) is 125 cm³/mol. The van der Waals surface area contributed by atoms with Crippen molar-refractivity contribution in [3.63, 3.8) is 0 Å². The minimum atomic E-state index is -0.213. The lowest BCUT2D eigenvalue weighted by atomic mass is 9.83. The lowest BCUT2D eigenvalue weighted by molar-refractivity contribution is -0.128. The van der Waals surface area contributed by atoms with Gasteiger partial charge < -0.3 is 10.1 Å². The van der Waals surface area contributed by atoms with E-state index >= 15 is 0 Å². The van der Waals surface area contributed by atoms with Crippen LogP contribution in [0, 0.1) is 5.92 Å². The molecule has 31 heavy (non-hydrogen) atoms. The van der Waals surface area contributed by atoms with Crippen LogP contribution in [0.25, 0.3) is 0 Å². The Morgan fingerprint density at radius 3 is 2.68 bits per heavy atom.